The average Bonchev–Trinajstić information content (AvgIpc) is 2.72. The largest absolute Gasteiger partial charge is 0.385 e. The van der Waals surface area contributed by atoms with Gasteiger partial charge in [-0.1, -0.05) is 94.3 Å². The molecule has 3 aromatic carbocycles. The fraction of sp³-hybridized carbons (Fsp3) is 0.308. The van der Waals surface area contributed by atoms with Gasteiger partial charge in [0.1, 0.15) is 0 Å². The molecule has 0 fully saturated rings. The monoisotopic (exact) mass is 357 g/mol. The fourth-order valence-corrected chi connectivity index (χ4v) is 3.30. The van der Waals surface area contributed by atoms with E-state index in [2.05, 4.69) is 98.9 Å². The van der Waals surface area contributed by atoms with Crippen molar-refractivity contribution in [2.75, 3.05) is 11.9 Å². The summed E-state index contributed by atoms with van der Waals surface area (Å²) in [6, 6.07) is 26.6. The molecular weight excluding hydrogens is 326 g/mol. The third kappa shape index (κ3) is 5.23. The first-order valence-corrected chi connectivity index (χ1v) is 10.2. The molecule has 1 nitrogen and oxygen atoms in total. The van der Waals surface area contributed by atoms with Crippen molar-refractivity contribution < 1.29 is 0 Å². The lowest BCUT2D eigenvalue weighted by molar-refractivity contribution is 0.744. The molecule has 0 unspecified atom stereocenters. The van der Waals surface area contributed by atoms with Gasteiger partial charge in [0.05, 0.1) is 0 Å². The quantitative estimate of drug-likeness (QED) is 0.406. The Morgan fingerprint density at radius 2 is 1.07 bits per heavy atom. The van der Waals surface area contributed by atoms with Crippen molar-refractivity contribution in [2.24, 2.45) is 0 Å². The van der Waals surface area contributed by atoms with E-state index >= 15 is 0 Å². The molecule has 27 heavy (non-hydrogen) atoms. The van der Waals surface area contributed by atoms with E-state index in [0.29, 0.717) is 5.92 Å². The van der Waals surface area contributed by atoms with Gasteiger partial charge in [-0.05, 0) is 52.3 Å². The molecule has 3 rings (SSSR count). The highest BCUT2D eigenvalue weighted by molar-refractivity contribution is 5.71. The predicted molar refractivity (Wildman–Crippen MR) is 119 cm³/mol. The zero-order valence-corrected chi connectivity index (χ0v) is 16.8. The molecule has 1 N–H and O–H groups in total. The number of rotatable bonds is 8. The lowest BCUT2D eigenvalue weighted by Crippen LogP contribution is -2.00. The zero-order valence-electron chi connectivity index (χ0n) is 16.8. The maximum Gasteiger partial charge on any atom is 0.0340 e. The molecular formula is C26H31N. The molecule has 0 aliphatic heterocycles. The first-order valence-electron chi connectivity index (χ1n) is 10.2. The van der Waals surface area contributed by atoms with Crippen molar-refractivity contribution in [3.05, 3.63) is 78.4 Å². The zero-order chi connectivity index (χ0) is 19.1. The first-order chi connectivity index (χ1) is 13.2. The van der Waals surface area contributed by atoms with Gasteiger partial charge in [0, 0.05) is 12.2 Å². The lowest BCUT2D eigenvalue weighted by atomic mass is 9.97. The van der Waals surface area contributed by atoms with Crippen LogP contribution in [-0.2, 0) is 0 Å². The Morgan fingerprint density at radius 3 is 1.52 bits per heavy atom. The molecule has 0 spiro atoms. The van der Waals surface area contributed by atoms with E-state index in [-0.39, 0.29) is 0 Å². The van der Waals surface area contributed by atoms with Gasteiger partial charge in [0.25, 0.3) is 0 Å². The van der Waals surface area contributed by atoms with Gasteiger partial charge in [0.15, 0.2) is 0 Å². The van der Waals surface area contributed by atoms with Crippen molar-refractivity contribution in [3.63, 3.8) is 0 Å². The Kier molecular flexibility index (Phi) is 6.70. The Hall–Kier alpha value is -2.54. The molecule has 0 aliphatic rings. The van der Waals surface area contributed by atoms with E-state index in [4.69, 9.17) is 0 Å². The average molecular weight is 358 g/mol. The molecule has 0 aliphatic carbocycles. The highest BCUT2D eigenvalue weighted by atomic mass is 14.9. The minimum atomic E-state index is 0.575. The fourth-order valence-electron chi connectivity index (χ4n) is 3.30. The summed E-state index contributed by atoms with van der Waals surface area (Å²) in [6.07, 6.45) is 3.79. The van der Waals surface area contributed by atoms with Crippen LogP contribution in [0.5, 0.6) is 0 Å². The summed E-state index contributed by atoms with van der Waals surface area (Å²) in [7, 11) is 0. The minimum Gasteiger partial charge on any atom is -0.385 e. The Balaban J connectivity index is 1.66. The normalized spacial score (nSPS) is 11.0. The second-order valence-corrected chi connectivity index (χ2v) is 7.57. The third-order valence-electron chi connectivity index (χ3n) is 5.12. The molecule has 0 saturated heterocycles. The van der Waals surface area contributed by atoms with Crippen molar-refractivity contribution >= 4 is 5.69 Å². The maximum atomic E-state index is 3.50. The van der Waals surface area contributed by atoms with E-state index in [1.54, 1.807) is 0 Å². The van der Waals surface area contributed by atoms with Crippen LogP contribution in [0.3, 0.4) is 0 Å². The molecule has 0 radical (unpaired) electrons. The summed E-state index contributed by atoms with van der Waals surface area (Å²) in [5, 5.41) is 3.50. The third-order valence-corrected chi connectivity index (χ3v) is 5.12. The number of anilines is 1. The van der Waals surface area contributed by atoms with Gasteiger partial charge in [-0.15, -0.1) is 0 Å². The van der Waals surface area contributed by atoms with E-state index < -0.39 is 0 Å². The molecule has 0 bridgehead atoms. The highest BCUT2D eigenvalue weighted by Crippen LogP contribution is 2.27. The van der Waals surface area contributed by atoms with Crippen LogP contribution in [0.15, 0.2) is 72.8 Å². The van der Waals surface area contributed by atoms with E-state index in [1.165, 1.54) is 52.8 Å². The van der Waals surface area contributed by atoms with E-state index in [1.807, 2.05) is 0 Å². The standard InChI is InChI=1S/C26H31N/c1-4-5-6-19-27-26-17-15-25(16-18-26)24-13-11-23(12-14-24)22-9-7-21(8-10-22)20(2)3/h7-18,20,27H,4-6,19H2,1-3H3. The van der Waals surface area contributed by atoms with Crippen LogP contribution in [0.25, 0.3) is 22.3 Å². The minimum absolute atomic E-state index is 0.575. The summed E-state index contributed by atoms with van der Waals surface area (Å²) < 4.78 is 0. The second kappa shape index (κ2) is 9.41. The summed E-state index contributed by atoms with van der Waals surface area (Å²) in [5.41, 5.74) is 7.65. The summed E-state index contributed by atoms with van der Waals surface area (Å²) in [4.78, 5) is 0. The number of hydrogen-bond acceptors (Lipinski definition) is 1. The van der Waals surface area contributed by atoms with E-state index in [9.17, 15) is 0 Å². The Morgan fingerprint density at radius 1 is 0.630 bits per heavy atom. The maximum absolute atomic E-state index is 3.50. The second-order valence-electron chi connectivity index (χ2n) is 7.57. The van der Waals surface area contributed by atoms with Gasteiger partial charge in [-0.25, -0.2) is 0 Å². The van der Waals surface area contributed by atoms with Crippen LogP contribution in [0, 0.1) is 0 Å². The van der Waals surface area contributed by atoms with Crippen molar-refractivity contribution in [1.82, 2.24) is 0 Å². The van der Waals surface area contributed by atoms with E-state index in [0.717, 1.165) is 6.54 Å². The van der Waals surface area contributed by atoms with Gasteiger partial charge in [0.2, 0.25) is 0 Å². The number of hydrogen-bond donors (Lipinski definition) is 1. The predicted octanol–water partition coefficient (Wildman–Crippen LogP) is 7.75. The molecule has 0 heterocycles. The molecule has 0 atom stereocenters. The van der Waals surface area contributed by atoms with Gasteiger partial charge in [-0.3, -0.25) is 0 Å². The number of unbranched alkanes of at least 4 members (excludes halogenated alkanes) is 2. The smallest absolute Gasteiger partial charge is 0.0340 e. The lowest BCUT2D eigenvalue weighted by Gasteiger charge is -2.09. The van der Waals surface area contributed by atoms with Crippen LogP contribution in [0.1, 0.15) is 51.5 Å². The van der Waals surface area contributed by atoms with Crippen LogP contribution in [-0.4, -0.2) is 6.54 Å². The molecule has 1 heteroatoms. The van der Waals surface area contributed by atoms with Gasteiger partial charge < -0.3 is 5.32 Å². The molecule has 3 aromatic rings. The number of benzene rings is 3. The highest BCUT2D eigenvalue weighted by Gasteiger charge is 2.03. The van der Waals surface area contributed by atoms with Crippen molar-refractivity contribution in [1.29, 1.82) is 0 Å². The molecule has 0 aromatic heterocycles. The molecule has 140 valence electrons. The Labute approximate surface area is 164 Å². The van der Waals surface area contributed by atoms with Crippen LogP contribution in [0.4, 0.5) is 5.69 Å². The molecule has 0 amide bonds. The number of nitrogens with one attached hydrogen (secondary N) is 1. The summed E-state index contributed by atoms with van der Waals surface area (Å²) in [6.45, 7) is 7.75. The van der Waals surface area contributed by atoms with Crippen LogP contribution in [0.2, 0.25) is 0 Å². The van der Waals surface area contributed by atoms with Gasteiger partial charge in [-0.2, -0.15) is 0 Å². The van der Waals surface area contributed by atoms with Crippen molar-refractivity contribution in [2.45, 2.75) is 46.0 Å². The SMILES string of the molecule is CCCCCNc1ccc(-c2ccc(-c3ccc(C(C)C)cc3)cc2)cc1. The van der Waals surface area contributed by atoms with Crippen LogP contribution >= 0.6 is 0 Å². The summed E-state index contributed by atoms with van der Waals surface area (Å²) in [5.74, 6) is 0.575. The Bertz CT molecular complexity index is 812. The van der Waals surface area contributed by atoms with Gasteiger partial charge >= 0.3 is 0 Å². The first kappa shape index (κ1) is 19.2. The molecule has 0 saturated carbocycles. The summed E-state index contributed by atoms with van der Waals surface area (Å²) >= 11 is 0. The topological polar surface area (TPSA) is 12.0 Å². The van der Waals surface area contributed by atoms with Crippen LogP contribution < -0.4 is 5.32 Å². The van der Waals surface area contributed by atoms with Crippen molar-refractivity contribution in [3.8, 4) is 22.3 Å².